The number of aliphatic imine (C=N–C) groups is 1. The lowest BCUT2D eigenvalue weighted by molar-refractivity contribution is 0.188. The molecule has 1 atom stereocenters. The lowest BCUT2D eigenvalue weighted by atomic mass is 10.2. The van der Waals surface area contributed by atoms with E-state index in [2.05, 4.69) is 4.99 Å². The minimum absolute atomic E-state index is 0.0696. The number of hydrogen-bond donors (Lipinski definition) is 2. The number of aliphatic hydroxyl groups excluding tert-OH is 1. The van der Waals surface area contributed by atoms with E-state index in [1.165, 1.54) is 23.6 Å². The van der Waals surface area contributed by atoms with Gasteiger partial charge in [-0.3, -0.25) is 4.99 Å². The normalized spacial score (nSPS) is 13.0. The van der Waals surface area contributed by atoms with Gasteiger partial charge in [-0.2, -0.15) is 11.3 Å². The summed E-state index contributed by atoms with van der Waals surface area (Å²) >= 11 is 13.2. The second-order valence-electron chi connectivity index (χ2n) is 3.89. The summed E-state index contributed by atoms with van der Waals surface area (Å²) in [5, 5.41) is 23.9. The fourth-order valence-electron chi connectivity index (χ4n) is 1.51. The largest absolute Gasteiger partial charge is 0.506 e. The molecule has 2 aromatic rings. The molecule has 6 heteroatoms. The van der Waals surface area contributed by atoms with E-state index in [4.69, 9.17) is 23.2 Å². The fourth-order valence-corrected chi connectivity index (χ4v) is 2.72. The molecule has 2 N–H and O–H groups in total. The Hall–Kier alpha value is -1.07. The van der Waals surface area contributed by atoms with Crippen LogP contribution < -0.4 is 0 Å². The van der Waals surface area contributed by atoms with Crippen molar-refractivity contribution in [2.75, 3.05) is 6.54 Å². The van der Waals surface area contributed by atoms with Crippen molar-refractivity contribution in [3.05, 3.63) is 50.1 Å². The molecule has 1 heterocycles. The van der Waals surface area contributed by atoms with E-state index in [1.54, 1.807) is 6.07 Å². The lowest BCUT2D eigenvalue weighted by Gasteiger charge is -2.05. The van der Waals surface area contributed by atoms with Gasteiger partial charge in [0.2, 0.25) is 0 Å². The van der Waals surface area contributed by atoms with E-state index >= 15 is 0 Å². The molecular formula is C13H11Cl2NO2S. The minimum Gasteiger partial charge on any atom is -0.506 e. The lowest BCUT2D eigenvalue weighted by Crippen LogP contribution is -2.00. The number of phenolic OH excluding ortho intramolecular Hbond substituents is 1. The van der Waals surface area contributed by atoms with Crippen molar-refractivity contribution >= 4 is 40.8 Å². The molecule has 0 radical (unpaired) electrons. The Balaban J connectivity index is 2.07. The van der Waals surface area contributed by atoms with Crippen molar-refractivity contribution < 1.29 is 10.2 Å². The number of thiophene rings is 1. The van der Waals surface area contributed by atoms with Gasteiger partial charge < -0.3 is 10.2 Å². The first-order valence-corrected chi connectivity index (χ1v) is 7.16. The molecule has 19 heavy (non-hydrogen) atoms. The van der Waals surface area contributed by atoms with Gasteiger partial charge in [-0.05, 0) is 34.5 Å². The number of halogens is 2. The van der Waals surface area contributed by atoms with E-state index in [-0.39, 0.29) is 17.3 Å². The number of benzene rings is 1. The zero-order valence-corrected chi connectivity index (χ0v) is 12.1. The molecule has 0 spiro atoms. The molecule has 0 amide bonds. The third-order valence-corrected chi connectivity index (χ3v) is 3.70. The van der Waals surface area contributed by atoms with Crippen molar-refractivity contribution in [3.63, 3.8) is 0 Å². The summed E-state index contributed by atoms with van der Waals surface area (Å²) in [5.74, 6) is -0.0696. The highest BCUT2D eigenvalue weighted by Gasteiger charge is 2.08. The van der Waals surface area contributed by atoms with Gasteiger partial charge in [0, 0.05) is 16.8 Å². The van der Waals surface area contributed by atoms with Crippen LogP contribution in [0.25, 0.3) is 0 Å². The van der Waals surface area contributed by atoms with Gasteiger partial charge in [-0.25, -0.2) is 0 Å². The average Bonchev–Trinajstić information content (AvgIpc) is 2.88. The Morgan fingerprint density at radius 2 is 2.16 bits per heavy atom. The summed E-state index contributed by atoms with van der Waals surface area (Å²) in [6.07, 6.45) is 0.794. The average molecular weight is 316 g/mol. The van der Waals surface area contributed by atoms with E-state index in [1.807, 2.05) is 16.8 Å². The first-order valence-electron chi connectivity index (χ1n) is 5.46. The number of phenols is 1. The van der Waals surface area contributed by atoms with Gasteiger partial charge in [0.1, 0.15) is 5.75 Å². The van der Waals surface area contributed by atoms with Crippen LogP contribution in [0.15, 0.2) is 34.0 Å². The Morgan fingerprint density at radius 1 is 1.37 bits per heavy atom. The number of hydrogen-bond acceptors (Lipinski definition) is 4. The van der Waals surface area contributed by atoms with Crippen LogP contribution in [0.4, 0.5) is 0 Å². The highest BCUT2D eigenvalue weighted by atomic mass is 35.5. The quantitative estimate of drug-likeness (QED) is 0.840. The second kappa shape index (κ2) is 6.39. The topological polar surface area (TPSA) is 52.8 Å². The summed E-state index contributed by atoms with van der Waals surface area (Å²) in [5.41, 5.74) is 1.26. The van der Waals surface area contributed by atoms with Crippen LogP contribution in [0.1, 0.15) is 17.2 Å². The number of aliphatic hydroxyl groups is 1. The summed E-state index contributed by atoms with van der Waals surface area (Å²) < 4.78 is 0. The van der Waals surface area contributed by atoms with Crippen molar-refractivity contribution in [2.45, 2.75) is 6.10 Å². The first kappa shape index (κ1) is 14.3. The smallest absolute Gasteiger partial charge is 0.143 e. The molecule has 1 aromatic carbocycles. The zero-order valence-electron chi connectivity index (χ0n) is 9.75. The number of aromatic hydroxyl groups is 1. The maximum atomic E-state index is 9.84. The monoisotopic (exact) mass is 315 g/mol. The maximum absolute atomic E-state index is 9.84. The molecule has 2 rings (SSSR count). The Kier molecular flexibility index (Phi) is 4.82. The van der Waals surface area contributed by atoms with Gasteiger partial charge in [0.05, 0.1) is 17.7 Å². The van der Waals surface area contributed by atoms with Crippen LogP contribution in [0.3, 0.4) is 0 Å². The number of nitrogens with zero attached hydrogens (tertiary/aromatic N) is 1. The molecule has 1 unspecified atom stereocenters. The van der Waals surface area contributed by atoms with Gasteiger partial charge >= 0.3 is 0 Å². The molecule has 1 aromatic heterocycles. The van der Waals surface area contributed by atoms with E-state index in [0.717, 1.165) is 5.56 Å². The molecule has 100 valence electrons. The second-order valence-corrected chi connectivity index (χ2v) is 5.52. The maximum Gasteiger partial charge on any atom is 0.143 e. The van der Waals surface area contributed by atoms with Crippen LogP contribution in [-0.4, -0.2) is 23.0 Å². The third-order valence-electron chi connectivity index (χ3n) is 2.49. The van der Waals surface area contributed by atoms with Crippen molar-refractivity contribution in [1.82, 2.24) is 0 Å². The minimum atomic E-state index is -0.653. The van der Waals surface area contributed by atoms with Gasteiger partial charge in [-0.1, -0.05) is 23.2 Å². The fraction of sp³-hybridized carbons (Fsp3) is 0.154. The van der Waals surface area contributed by atoms with Crippen LogP contribution in [0, 0.1) is 0 Å². The highest BCUT2D eigenvalue weighted by Crippen LogP contribution is 2.30. The molecule has 0 aliphatic heterocycles. The van der Waals surface area contributed by atoms with Crippen molar-refractivity contribution in [2.24, 2.45) is 4.99 Å². The molecule has 3 nitrogen and oxygen atoms in total. The Labute approximate surface area is 124 Å². The molecular weight excluding hydrogens is 305 g/mol. The standard InChI is InChI=1S/C13H11Cl2NO2S/c14-10-3-9(13(18)11(15)4-10)5-16-6-12(17)8-1-2-19-7-8/h1-5,7,12,17-18H,6H2. The summed E-state index contributed by atoms with van der Waals surface area (Å²) in [6.45, 7) is 0.209. The van der Waals surface area contributed by atoms with Crippen LogP contribution >= 0.6 is 34.5 Å². The molecule has 0 bridgehead atoms. The predicted molar refractivity (Wildman–Crippen MR) is 79.9 cm³/mol. The predicted octanol–water partition coefficient (Wildman–Crippen LogP) is 3.91. The van der Waals surface area contributed by atoms with Crippen molar-refractivity contribution in [1.29, 1.82) is 0 Å². The molecule has 0 saturated carbocycles. The van der Waals surface area contributed by atoms with E-state index < -0.39 is 6.10 Å². The van der Waals surface area contributed by atoms with E-state index in [9.17, 15) is 10.2 Å². The SMILES string of the molecule is Oc1c(Cl)cc(Cl)cc1C=NCC(O)c1ccsc1. The first-order chi connectivity index (χ1) is 9.08. The zero-order chi connectivity index (χ0) is 13.8. The van der Waals surface area contributed by atoms with E-state index in [0.29, 0.717) is 10.6 Å². The van der Waals surface area contributed by atoms with Gasteiger partial charge in [0.15, 0.2) is 0 Å². The Bertz CT molecular complexity index is 585. The molecule has 0 aliphatic carbocycles. The molecule has 0 aliphatic rings. The summed E-state index contributed by atoms with van der Waals surface area (Å²) in [4.78, 5) is 4.09. The third kappa shape index (κ3) is 3.70. The number of rotatable bonds is 4. The van der Waals surface area contributed by atoms with Crippen molar-refractivity contribution in [3.8, 4) is 5.75 Å². The van der Waals surface area contributed by atoms with Crippen LogP contribution in [0.2, 0.25) is 10.0 Å². The summed E-state index contributed by atoms with van der Waals surface area (Å²) in [7, 11) is 0. The molecule has 0 saturated heterocycles. The van der Waals surface area contributed by atoms with Crippen LogP contribution in [-0.2, 0) is 0 Å². The molecule has 0 fully saturated rings. The van der Waals surface area contributed by atoms with Gasteiger partial charge in [0.25, 0.3) is 0 Å². The Morgan fingerprint density at radius 3 is 2.84 bits per heavy atom. The van der Waals surface area contributed by atoms with Crippen LogP contribution in [0.5, 0.6) is 5.75 Å². The van der Waals surface area contributed by atoms with Gasteiger partial charge in [-0.15, -0.1) is 0 Å². The summed E-state index contributed by atoms with van der Waals surface area (Å²) in [6, 6.07) is 4.86. The highest BCUT2D eigenvalue weighted by molar-refractivity contribution is 7.07.